The summed E-state index contributed by atoms with van der Waals surface area (Å²) in [4.78, 5) is 17.5. The quantitative estimate of drug-likeness (QED) is 0.687. The predicted octanol–water partition coefficient (Wildman–Crippen LogP) is 2.24. The molecule has 1 spiro atoms. The largest absolute Gasteiger partial charge is 0.466 e. The maximum Gasteiger partial charge on any atom is 0.318 e. The minimum Gasteiger partial charge on any atom is -0.466 e. The van der Waals surface area contributed by atoms with E-state index in [-0.39, 0.29) is 17.3 Å². The molecule has 5 rings (SSSR count). The highest BCUT2D eigenvalue weighted by Crippen LogP contribution is 2.52. The van der Waals surface area contributed by atoms with E-state index in [1.54, 1.807) is 0 Å². The summed E-state index contributed by atoms with van der Waals surface area (Å²) in [6.07, 6.45) is 7.96. The van der Waals surface area contributed by atoms with Gasteiger partial charge in [0.15, 0.2) is 0 Å². The number of aromatic nitrogens is 2. The van der Waals surface area contributed by atoms with Crippen molar-refractivity contribution in [2.24, 2.45) is 17.3 Å². The van der Waals surface area contributed by atoms with Crippen LogP contribution >= 0.6 is 0 Å². The Hall–Kier alpha value is -1.67. The zero-order valence-electron chi connectivity index (χ0n) is 19.0. The molecular weight excluding hydrogens is 394 g/mol. The van der Waals surface area contributed by atoms with Gasteiger partial charge in [0.2, 0.25) is 5.89 Å². The summed E-state index contributed by atoms with van der Waals surface area (Å²) in [5, 5.41) is 11.9. The molecule has 1 aromatic heterocycles. The van der Waals surface area contributed by atoms with Crippen molar-refractivity contribution in [3.05, 3.63) is 5.89 Å². The summed E-state index contributed by atoms with van der Waals surface area (Å²) in [5.74, 6) is 1.47. The van der Waals surface area contributed by atoms with Crippen molar-refractivity contribution in [3.63, 3.8) is 0 Å². The van der Waals surface area contributed by atoms with Crippen LogP contribution in [0.1, 0.15) is 58.3 Å². The van der Waals surface area contributed by atoms with Crippen LogP contribution in [0.25, 0.3) is 0 Å². The zero-order valence-corrected chi connectivity index (χ0v) is 19.0. The monoisotopic (exact) mass is 431 g/mol. The third kappa shape index (κ3) is 3.86. The maximum atomic E-state index is 12.4. The number of esters is 1. The smallest absolute Gasteiger partial charge is 0.318 e. The molecule has 2 atom stereocenters. The average Bonchev–Trinajstić information content (AvgIpc) is 3.51. The normalized spacial score (nSPS) is 34.4. The van der Waals surface area contributed by atoms with Crippen LogP contribution in [0.5, 0.6) is 0 Å². The second-order valence-corrected chi connectivity index (χ2v) is 9.97. The van der Waals surface area contributed by atoms with Crippen molar-refractivity contribution < 1.29 is 13.9 Å². The fraction of sp³-hybridized carbons (Fsp3) is 0.870. The number of carbonyl (C=O) groups is 1. The molecule has 0 bridgehead atoms. The van der Waals surface area contributed by atoms with Crippen molar-refractivity contribution >= 4 is 12.0 Å². The van der Waals surface area contributed by atoms with Crippen molar-refractivity contribution in [2.75, 3.05) is 44.2 Å². The number of nitrogens with zero attached hydrogens (tertiary/aromatic N) is 4. The van der Waals surface area contributed by atoms with Gasteiger partial charge < -0.3 is 24.3 Å². The fourth-order valence-electron chi connectivity index (χ4n) is 6.64. The van der Waals surface area contributed by atoms with E-state index in [0.717, 1.165) is 63.9 Å². The third-order valence-corrected chi connectivity index (χ3v) is 8.36. The van der Waals surface area contributed by atoms with Gasteiger partial charge in [0.1, 0.15) is 0 Å². The van der Waals surface area contributed by atoms with Crippen LogP contribution in [0.15, 0.2) is 4.42 Å². The molecule has 1 unspecified atom stereocenters. The number of hydrogen-bond donors (Lipinski definition) is 1. The average molecular weight is 432 g/mol. The van der Waals surface area contributed by atoms with E-state index < -0.39 is 0 Å². The van der Waals surface area contributed by atoms with Crippen LogP contribution < -0.4 is 10.2 Å². The molecule has 8 nitrogen and oxygen atoms in total. The van der Waals surface area contributed by atoms with E-state index in [0.29, 0.717) is 24.6 Å². The van der Waals surface area contributed by atoms with Gasteiger partial charge in [0, 0.05) is 43.6 Å². The molecule has 3 saturated heterocycles. The van der Waals surface area contributed by atoms with Crippen molar-refractivity contribution in [3.8, 4) is 0 Å². The Morgan fingerprint density at radius 3 is 2.71 bits per heavy atom. The topological polar surface area (TPSA) is 83.7 Å². The number of piperidine rings is 1. The lowest BCUT2D eigenvalue weighted by atomic mass is 9.59. The number of ether oxygens (including phenoxy) is 1. The molecule has 1 aromatic rings. The lowest BCUT2D eigenvalue weighted by molar-refractivity contribution is -0.155. The van der Waals surface area contributed by atoms with Gasteiger partial charge in [-0.25, -0.2) is 0 Å². The number of aryl methyl sites for hydroxylation is 1. The molecule has 1 saturated carbocycles. The Morgan fingerprint density at radius 2 is 2.00 bits per heavy atom. The van der Waals surface area contributed by atoms with E-state index >= 15 is 0 Å². The molecule has 0 aromatic carbocycles. The molecule has 172 valence electrons. The highest BCUT2D eigenvalue weighted by Gasteiger charge is 2.56. The second-order valence-electron chi connectivity index (χ2n) is 9.97. The van der Waals surface area contributed by atoms with Crippen LogP contribution in [0, 0.1) is 17.3 Å². The summed E-state index contributed by atoms with van der Waals surface area (Å²) in [6, 6.07) is 1.88. The van der Waals surface area contributed by atoms with Crippen LogP contribution in [0.4, 0.5) is 6.01 Å². The number of nitrogens with one attached hydrogen (secondary N) is 1. The summed E-state index contributed by atoms with van der Waals surface area (Å²) in [5.41, 5.74) is 0.130. The Kier molecular flexibility index (Phi) is 5.94. The zero-order chi connectivity index (χ0) is 21.4. The number of anilines is 1. The molecule has 3 aliphatic heterocycles. The van der Waals surface area contributed by atoms with E-state index in [2.05, 4.69) is 32.2 Å². The number of rotatable bonds is 6. The molecule has 4 heterocycles. The molecule has 1 aliphatic carbocycles. The summed E-state index contributed by atoms with van der Waals surface area (Å²) in [7, 11) is 0. The molecule has 31 heavy (non-hydrogen) atoms. The molecule has 4 aliphatic rings. The maximum absolute atomic E-state index is 12.4. The third-order valence-electron chi connectivity index (χ3n) is 8.36. The van der Waals surface area contributed by atoms with E-state index in [1.807, 2.05) is 6.92 Å². The Morgan fingerprint density at radius 1 is 1.19 bits per heavy atom. The highest BCUT2D eigenvalue weighted by molar-refractivity contribution is 5.74. The van der Waals surface area contributed by atoms with Gasteiger partial charge >= 0.3 is 12.0 Å². The molecule has 0 amide bonds. The molecule has 0 radical (unpaired) electrons. The Balaban J connectivity index is 1.14. The molecule has 8 heteroatoms. The van der Waals surface area contributed by atoms with Gasteiger partial charge in [-0.15, -0.1) is 5.10 Å². The van der Waals surface area contributed by atoms with Gasteiger partial charge in [-0.2, -0.15) is 0 Å². The molecular formula is C23H37N5O3. The Labute approximate surface area is 185 Å². The van der Waals surface area contributed by atoms with Crippen molar-refractivity contribution in [1.29, 1.82) is 0 Å². The van der Waals surface area contributed by atoms with E-state index in [9.17, 15) is 4.79 Å². The highest BCUT2D eigenvalue weighted by atomic mass is 16.5. The van der Waals surface area contributed by atoms with Gasteiger partial charge in [-0.05, 0) is 64.5 Å². The summed E-state index contributed by atoms with van der Waals surface area (Å²) < 4.78 is 11.2. The first-order chi connectivity index (χ1) is 15.1. The first-order valence-electron chi connectivity index (χ1n) is 12.3. The fourth-order valence-corrected chi connectivity index (χ4v) is 6.64. The number of likely N-dealkylation sites (tertiary alicyclic amines) is 1. The van der Waals surface area contributed by atoms with E-state index in [4.69, 9.17) is 9.15 Å². The van der Waals surface area contributed by atoms with Crippen LogP contribution in [-0.2, 0) is 16.0 Å². The van der Waals surface area contributed by atoms with Crippen LogP contribution in [0.3, 0.4) is 0 Å². The first-order valence-corrected chi connectivity index (χ1v) is 12.3. The van der Waals surface area contributed by atoms with Crippen molar-refractivity contribution in [2.45, 2.75) is 70.9 Å². The van der Waals surface area contributed by atoms with Crippen LogP contribution in [0.2, 0.25) is 0 Å². The SMILES string of the molecule is CCOC(=O)C1CNCC12CC(N1CCC([C@@H]3CCCN3c3nnc(CC)o3)CC1)C2. The standard InChI is InChI=1S/C23H37N5O3/c1-3-20-25-26-22(31-20)28-9-5-6-19(28)16-7-10-27(11-8-16)17-12-23(13-17)15-24-14-18(23)21(29)30-4-2/h16-19,24H,3-15H2,1-2H3/t17?,18?,19-,23?/m0/s1. The second kappa shape index (κ2) is 8.70. The van der Waals surface area contributed by atoms with Crippen molar-refractivity contribution in [1.82, 2.24) is 20.4 Å². The number of carbonyl (C=O) groups excluding carboxylic acids is 1. The van der Waals surface area contributed by atoms with Gasteiger partial charge in [0.25, 0.3) is 0 Å². The molecule has 4 fully saturated rings. The first kappa shape index (κ1) is 21.2. The molecule has 1 N–H and O–H groups in total. The van der Waals surface area contributed by atoms with Crippen LogP contribution in [-0.4, -0.2) is 72.5 Å². The summed E-state index contributed by atoms with van der Waals surface area (Å²) in [6.45, 7) is 9.52. The van der Waals surface area contributed by atoms with E-state index in [1.165, 1.54) is 25.7 Å². The lowest BCUT2D eigenvalue weighted by Crippen LogP contribution is -2.57. The minimum absolute atomic E-state index is 0.00163. The minimum atomic E-state index is -0.00163. The van der Waals surface area contributed by atoms with Gasteiger partial charge in [-0.3, -0.25) is 4.79 Å². The predicted molar refractivity (Wildman–Crippen MR) is 117 cm³/mol. The number of hydrogen-bond acceptors (Lipinski definition) is 8. The van der Waals surface area contributed by atoms with Gasteiger partial charge in [-0.1, -0.05) is 12.0 Å². The lowest BCUT2D eigenvalue weighted by Gasteiger charge is -2.53. The summed E-state index contributed by atoms with van der Waals surface area (Å²) >= 11 is 0. The van der Waals surface area contributed by atoms with Gasteiger partial charge in [0.05, 0.1) is 12.5 Å². The Bertz CT molecular complexity index is 769.